The smallest absolute Gasteiger partial charge is 0.0981 e. The molecule has 0 spiro atoms. The lowest BCUT2D eigenvalue weighted by molar-refractivity contribution is 0.881. The van der Waals surface area contributed by atoms with E-state index in [0.29, 0.717) is 0 Å². The molecule has 0 saturated carbocycles. The number of rotatable bonds is 2. The van der Waals surface area contributed by atoms with Crippen LogP contribution in [0.2, 0.25) is 0 Å². The van der Waals surface area contributed by atoms with Gasteiger partial charge in [0.05, 0.1) is 12.4 Å². The molecule has 0 radical (unpaired) electrons. The van der Waals surface area contributed by atoms with Gasteiger partial charge in [-0.15, -0.1) is 23.7 Å². The van der Waals surface area contributed by atoms with Crippen molar-refractivity contribution in [3.63, 3.8) is 0 Å². The van der Waals surface area contributed by atoms with Crippen molar-refractivity contribution in [2.24, 2.45) is 4.99 Å². The first-order chi connectivity index (χ1) is 9.27. The van der Waals surface area contributed by atoms with Gasteiger partial charge in [0.15, 0.2) is 0 Å². The van der Waals surface area contributed by atoms with Crippen LogP contribution >= 0.6 is 23.7 Å². The average Bonchev–Trinajstić information content (AvgIpc) is 2.77. The molecule has 104 valence electrons. The Morgan fingerprint density at radius 2 is 1.90 bits per heavy atom. The number of nitrogens with one attached hydrogen (secondary N) is 1. The van der Waals surface area contributed by atoms with Crippen LogP contribution in [-0.2, 0) is 0 Å². The minimum atomic E-state index is 0. The molecule has 4 heteroatoms. The normalized spacial score (nSPS) is 16.6. The van der Waals surface area contributed by atoms with E-state index in [1.807, 2.05) is 17.5 Å². The van der Waals surface area contributed by atoms with Crippen molar-refractivity contribution in [3.8, 4) is 10.4 Å². The third-order valence-electron chi connectivity index (χ3n) is 3.45. The van der Waals surface area contributed by atoms with E-state index < -0.39 is 0 Å². The molecule has 0 amide bonds. The van der Waals surface area contributed by atoms with Crippen LogP contribution in [0, 0.1) is 13.8 Å². The fourth-order valence-corrected chi connectivity index (χ4v) is 3.55. The Morgan fingerprint density at radius 1 is 1.15 bits per heavy atom. The molecule has 1 aliphatic heterocycles. The zero-order valence-corrected chi connectivity index (χ0v) is 13.1. The van der Waals surface area contributed by atoms with Gasteiger partial charge in [0.25, 0.3) is 0 Å². The van der Waals surface area contributed by atoms with E-state index in [2.05, 4.69) is 60.6 Å². The maximum Gasteiger partial charge on any atom is 0.0981 e. The first kappa shape index (κ1) is 14.8. The maximum atomic E-state index is 4.54. The highest BCUT2D eigenvalue weighted by Gasteiger charge is 2.20. The molecule has 0 saturated heterocycles. The first-order valence-corrected chi connectivity index (χ1v) is 7.18. The second-order valence-electron chi connectivity index (χ2n) is 4.64. The highest BCUT2D eigenvalue weighted by atomic mass is 35.5. The molecular formula is C16H17ClN2S. The van der Waals surface area contributed by atoms with Crippen molar-refractivity contribution < 1.29 is 0 Å². The van der Waals surface area contributed by atoms with Crippen molar-refractivity contribution in [1.29, 1.82) is 0 Å². The third-order valence-corrected chi connectivity index (χ3v) is 4.72. The molecule has 2 aromatic rings. The molecule has 0 bridgehead atoms. The maximum absolute atomic E-state index is 4.54. The van der Waals surface area contributed by atoms with Crippen LogP contribution in [0.15, 0.2) is 47.6 Å². The summed E-state index contributed by atoms with van der Waals surface area (Å²) in [6, 6.07) is 10.7. The van der Waals surface area contributed by atoms with Gasteiger partial charge in [0.1, 0.15) is 0 Å². The van der Waals surface area contributed by atoms with Gasteiger partial charge in [-0.3, -0.25) is 4.99 Å². The van der Waals surface area contributed by atoms with E-state index in [-0.39, 0.29) is 18.4 Å². The van der Waals surface area contributed by atoms with Gasteiger partial charge >= 0.3 is 0 Å². The number of hydrogen-bond acceptors (Lipinski definition) is 3. The topological polar surface area (TPSA) is 24.4 Å². The molecule has 2 heterocycles. The van der Waals surface area contributed by atoms with Crippen molar-refractivity contribution in [2.75, 3.05) is 0 Å². The molecule has 1 aromatic heterocycles. The predicted octanol–water partition coefficient (Wildman–Crippen LogP) is 4.64. The van der Waals surface area contributed by atoms with Crippen LogP contribution in [0.25, 0.3) is 10.4 Å². The highest BCUT2D eigenvalue weighted by molar-refractivity contribution is 7.15. The molecule has 1 unspecified atom stereocenters. The Balaban J connectivity index is 0.00000147. The average molecular weight is 305 g/mol. The Kier molecular flexibility index (Phi) is 4.63. The monoisotopic (exact) mass is 304 g/mol. The zero-order chi connectivity index (χ0) is 13.2. The van der Waals surface area contributed by atoms with Gasteiger partial charge in [0, 0.05) is 21.5 Å². The van der Waals surface area contributed by atoms with Gasteiger partial charge in [-0.05, 0) is 31.1 Å². The van der Waals surface area contributed by atoms with E-state index in [9.17, 15) is 0 Å². The lowest BCUT2D eigenvalue weighted by Gasteiger charge is -2.14. The molecule has 1 aliphatic rings. The molecule has 1 atom stereocenters. The number of benzene rings is 1. The molecule has 3 rings (SSSR count). The summed E-state index contributed by atoms with van der Waals surface area (Å²) in [5.74, 6) is 0. The summed E-state index contributed by atoms with van der Waals surface area (Å²) >= 11 is 1.86. The summed E-state index contributed by atoms with van der Waals surface area (Å²) in [6.45, 7) is 4.38. The van der Waals surface area contributed by atoms with Crippen LogP contribution in [-0.4, -0.2) is 6.34 Å². The number of thiophene rings is 1. The number of aliphatic imine (C=N–C) groups is 1. The summed E-state index contributed by atoms with van der Waals surface area (Å²) in [4.78, 5) is 7.25. The Morgan fingerprint density at radius 3 is 2.55 bits per heavy atom. The molecule has 2 nitrogen and oxygen atoms in total. The second-order valence-corrected chi connectivity index (χ2v) is 5.87. The summed E-state index contributed by atoms with van der Waals surface area (Å²) in [6.07, 6.45) is 5.84. The molecular weight excluding hydrogens is 288 g/mol. The Hall–Kier alpha value is -1.58. The van der Waals surface area contributed by atoms with Crippen LogP contribution < -0.4 is 5.32 Å². The van der Waals surface area contributed by atoms with E-state index in [1.165, 1.54) is 26.4 Å². The molecule has 0 aliphatic carbocycles. The van der Waals surface area contributed by atoms with Gasteiger partial charge in [0.2, 0.25) is 0 Å². The van der Waals surface area contributed by atoms with Crippen LogP contribution in [0.4, 0.5) is 0 Å². The summed E-state index contributed by atoms with van der Waals surface area (Å²) in [7, 11) is 0. The molecule has 1 N–H and O–H groups in total. The lowest BCUT2D eigenvalue weighted by atomic mass is 9.98. The quantitative estimate of drug-likeness (QED) is 0.859. The minimum absolute atomic E-state index is 0. The fourth-order valence-electron chi connectivity index (χ4n) is 2.34. The number of nitrogens with zero attached hydrogens (tertiary/aromatic N) is 1. The fraction of sp³-hybridized carbons (Fsp3) is 0.188. The van der Waals surface area contributed by atoms with Crippen molar-refractivity contribution in [1.82, 2.24) is 5.32 Å². The summed E-state index contributed by atoms with van der Waals surface area (Å²) < 4.78 is 0. The van der Waals surface area contributed by atoms with Crippen molar-refractivity contribution in [2.45, 2.75) is 19.9 Å². The van der Waals surface area contributed by atoms with Crippen LogP contribution in [0.3, 0.4) is 0 Å². The zero-order valence-electron chi connectivity index (χ0n) is 11.5. The Labute approximate surface area is 129 Å². The molecule has 1 aromatic carbocycles. The summed E-state index contributed by atoms with van der Waals surface area (Å²) in [5.41, 5.74) is 3.97. The standard InChI is InChI=1S/C16H16N2S.ClH/c1-11-12(2)19-16(13-6-4-3-5-7-13)15(11)14-8-9-17-10-18-14;/h3-10,14H,1-2H3,(H,17,18);1H. The van der Waals surface area contributed by atoms with E-state index >= 15 is 0 Å². The van der Waals surface area contributed by atoms with Crippen LogP contribution in [0.5, 0.6) is 0 Å². The van der Waals surface area contributed by atoms with E-state index in [4.69, 9.17) is 0 Å². The predicted molar refractivity (Wildman–Crippen MR) is 90.0 cm³/mol. The SMILES string of the molecule is Cc1sc(-c2ccccc2)c(C2C=CNC=N2)c1C.Cl. The Bertz CT molecular complexity index is 632. The number of aryl methyl sites for hydroxylation is 1. The van der Waals surface area contributed by atoms with E-state index in [0.717, 1.165) is 0 Å². The largest absolute Gasteiger partial charge is 0.353 e. The van der Waals surface area contributed by atoms with Gasteiger partial charge in [-0.2, -0.15) is 0 Å². The number of halogens is 1. The van der Waals surface area contributed by atoms with Gasteiger partial charge in [-0.25, -0.2) is 0 Å². The van der Waals surface area contributed by atoms with Gasteiger partial charge < -0.3 is 5.32 Å². The molecule has 0 fully saturated rings. The minimum Gasteiger partial charge on any atom is -0.353 e. The van der Waals surface area contributed by atoms with Crippen molar-refractivity contribution in [3.05, 3.63) is 58.6 Å². The van der Waals surface area contributed by atoms with Gasteiger partial charge in [-0.1, -0.05) is 30.3 Å². The van der Waals surface area contributed by atoms with Crippen LogP contribution in [0.1, 0.15) is 22.0 Å². The van der Waals surface area contributed by atoms with Crippen molar-refractivity contribution >= 4 is 30.1 Å². The van der Waals surface area contributed by atoms with E-state index in [1.54, 1.807) is 6.34 Å². The number of hydrogen-bond donors (Lipinski definition) is 1. The summed E-state index contributed by atoms with van der Waals surface area (Å²) in [5, 5.41) is 3.00. The molecule has 20 heavy (non-hydrogen) atoms. The first-order valence-electron chi connectivity index (χ1n) is 6.37. The highest BCUT2D eigenvalue weighted by Crippen LogP contribution is 2.41. The second kappa shape index (κ2) is 6.25. The lowest BCUT2D eigenvalue weighted by Crippen LogP contribution is -2.09. The third kappa shape index (κ3) is 2.65.